The van der Waals surface area contributed by atoms with E-state index in [0.29, 0.717) is 23.9 Å². The fourth-order valence-electron chi connectivity index (χ4n) is 10.4. The molecule has 3 unspecified atom stereocenters. The maximum absolute atomic E-state index is 13.1. The smallest absolute Gasteiger partial charge is 0.268 e. The Bertz CT molecular complexity index is 1690. The van der Waals surface area contributed by atoms with E-state index in [2.05, 4.69) is 116 Å². The summed E-state index contributed by atoms with van der Waals surface area (Å²) < 4.78 is 23.5. The number of nitrogens with one attached hydrogen (secondary N) is 1. The lowest BCUT2D eigenvalue weighted by atomic mass is 10.0. The van der Waals surface area contributed by atoms with Crippen molar-refractivity contribution in [1.29, 1.82) is 0 Å². The first-order valence-corrected chi connectivity index (χ1v) is 37.0. The van der Waals surface area contributed by atoms with Crippen LogP contribution in [0.5, 0.6) is 0 Å². The zero-order valence-electron chi connectivity index (χ0n) is 55.8. The van der Waals surface area contributed by atoms with E-state index in [0.717, 1.165) is 96.3 Å². The van der Waals surface area contributed by atoms with Crippen molar-refractivity contribution in [3.05, 3.63) is 97.2 Å². The Kier molecular flexibility index (Phi) is 62.9. The van der Waals surface area contributed by atoms with Crippen LogP contribution in [0.2, 0.25) is 0 Å². The van der Waals surface area contributed by atoms with Crippen LogP contribution < -0.4 is 10.2 Å². The Morgan fingerprint density at radius 3 is 1.06 bits per heavy atom. The van der Waals surface area contributed by atoms with E-state index in [1.165, 1.54) is 199 Å². The van der Waals surface area contributed by atoms with E-state index >= 15 is 0 Å². The fraction of sp³-hybridized carbons (Fsp3) is 0.773. The second-order valence-electron chi connectivity index (χ2n) is 25.2. The third-order valence-electron chi connectivity index (χ3n) is 15.8. The summed E-state index contributed by atoms with van der Waals surface area (Å²) in [6.45, 7) is 4.64. The number of nitrogens with zero attached hydrogens (tertiary/aromatic N) is 1. The molecular weight excluding hydrogens is 1060 g/mol. The summed E-state index contributed by atoms with van der Waals surface area (Å²) in [5.41, 5.74) is 0. The fourth-order valence-corrected chi connectivity index (χ4v) is 11.1. The van der Waals surface area contributed by atoms with Gasteiger partial charge >= 0.3 is 0 Å². The van der Waals surface area contributed by atoms with Crippen molar-refractivity contribution in [3.63, 3.8) is 0 Å². The molecule has 2 N–H and O–H groups in total. The molecule has 0 fully saturated rings. The molecule has 9 heteroatoms. The zero-order valence-corrected chi connectivity index (χ0v) is 56.7. The Morgan fingerprint density at radius 1 is 0.429 bits per heavy atom. The quantitative estimate of drug-likeness (QED) is 0.0272. The zero-order chi connectivity index (χ0) is 61.2. The highest BCUT2D eigenvalue weighted by molar-refractivity contribution is 7.45. The number of phosphoric acid groups is 1. The van der Waals surface area contributed by atoms with Gasteiger partial charge in [0, 0.05) is 6.42 Å². The highest BCUT2D eigenvalue weighted by atomic mass is 31.2. The molecule has 0 aliphatic carbocycles. The topological polar surface area (TPSA) is 108 Å². The van der Waals surface area contributed by atoms with Gasteiger partial charge in [0.25, 0.3) is 7.82 Å². The summed E-state index contributed by atoms with van der Waals surface area (Å²) in [6, 6.07) is -0.811. The summed E-state index contributed by atoms with van der Waals surface area (Å²) in [4.78, 5) is 25.7. The number of amides is 1. The molecule has 0 aromatic rings. The molecule has 0 aliphatic heterocycles. The molecule has 84 heavy (non-hydrogen) atoms. The first kappa shape index (κ1) is 81.4. The number of carbonyl (C=O) groups excluding carboxylic acids is 1. The molecule has 0 aromatic heterocycles. The lowest BCUT2D eigenvalue weighted by Crippen LogP contribution is -2.46. The lowest BCUT2D eigenvalue weighted by molar-refractivity contribution is -0.870. The SMILES string of the molecule is CC/C=C\C/C=C\C/C=C\C/C=C\C/C=C\C/C=C\C/C=C\C/C=C\CCCCCCCCCCCCC(=O)NC(COP(=O)([O-])OCC[N+](C)(C)C)C(O)CCCCCCCCCCCCCCCCCCCCCCCCCCCCC. The summed E-state index contributed by atoms with van der Waals surface area (Å²) in [5.74, 6) is -0.169. The van der Waals surface area contributed by atoms with Crippen LogP contribution in [-0.4, -0.2) is 68.5 Å². The van der Waals surface area contributed by atoms with Crippen LogP contribution in [0, 0.1) is 0 Å². The largest absolute Gasteiger partial charge is 0.756 e. The number of phosphoric ester groups is 1. The average Bonchev–Trinajstić information content (AvgIpc) is 3.56. The van der Waals surface area contributed by atoms with Crippen molar-refractivity contribution in [2.75, 3.05) is 40.9 Å². The second kappa shape index (κ2) is 64.9. The number of hydrogen-bond acceptors (Lipinski definition) is 6. The summed E-state index contributed by atoms with van der Waals surface area (Å²) in [7, 11) is 1.30. The predicted octanol–water partition coefficient (Wildman–Crippen LogP) is 22.3. The number of aliphatic hydroxyl groups is 1. The van der Waals surface area contributed by atoms with Gasteiger partial charge in [0.15, 0.2) is 0 Å². The molecule has 0 saturated heterocycles. The van der Waals surface area contributed by atoms with Gasteiger partial charge in [-0.3, -0.25) is 9.36 Å². The molecule has 0 aliphatic rings. The molecule has 8 nitrogen and oxygen atoms in total. The van der Waals surface area contributed by atoms with E-state index in [1.807, 2.05) is 21.1 Å². The van der Waals surface area contributed by atoms with Gasteiger partial charge in [-0.1, -0.05) is 336 Å². The van der Waals surface area contributed by atoms with Gasteiger partial charge in [0.05, 0.1) is 39.9 Å². The molecule has 0 bridgehead atoms. The molecule has 0 rings (SSSR count). The summed E-state index contributed by atoms with van der Waals surface area (Å²) in [5, 5.41) is 14.1. The van der Waals surface area contributed by atoms with Crippen molar-refractivity contribution in [3.8, 4) is 0 Å². The number of allylic oxidation sites excluding steroid dienone is 16. The number of unbranched alkanes of at least 4 members (excludes halogenated alkanes) is 36. The highest BCUT2D eigenvalue weighted by Crippen LogP contribution is 2.38. The third-order valence-corrected chi connectivity index (χ3v) is 16.8. The lowest BCUT2D eigenvalue weighted by Gasteiger charge is -2.30. The minimum Gasteiger partial charge on any atom is -0.756 e. The van der Waals surface area contributed by atoms with E-state index in [4.69, 9.17) is 9.05 Å². The van der Waals surface area contributed by atoms with Crippen LogP contribution in [0.3, 0.4) is 0 Å². The van der Waals surface area contributed by atoms with E-state index < -0.39 is 20.0 Å². The van der Waals surface area contributed by atoms with Gasteiger partial charge in [-0.15, -0.1) is 0 Å². The van der Waals surface area contributed by atoms with Crippen LogP contribution in [0.25, 0.3) is 0 Å². The number of rotatable bonds is 65. The first-order valence-electron chi connectivity index (χ1n) is 35.6. The van der Waals surface area contributed by atoms with E-state index in [-0.39, 0.29) is 19.1 Å². The van der Waals surface area contributed by atoms with Gasteiger partial charge in [-0.25, -0.2) is 0 Å². The maximum Gasteiger partial charge on any atom is 0.268 e. The molecule has 0 aromatic carbocycles. The van der Waals surface area contributed by atoms with Gasteiger partial charge in [-0.05, 0) is 77.0 Å². The van der Waals surface area contributed by atoms with Crippen LogP contribution in [0.15, 0.2) is 97.2 Å². The maximum atomic E-state index is 13.1. The van der Waals surface area contributed by atoms with Crippen molar-refractivity contribution >= 4 is 13.7 Å². The normalized spacial score (nSPS) is 14.2. The van der Waals surface area contributed by atoms with Crippen molar-refractivity contribution in [2.24, 2.45) is 0 Å². The Balaban J connectivity index is 4.08. The van der Waals surface area contributed by atoms with Crippen LogP contribution in [0.4, 0.5) is 0 Å². The van der Waals surface area contributed by atoms with Gasteiger partial charge in [-0.2, -0.15) is 0 Å². The number of aliphatic hydroxyl groups excluding tert-OH is 1. The van der Waals surface area contributed by atoms with Crippen molar-refractivity contribution < 1.29 is 32.9 Å². The molecule has 0 radical (unpaired) electrons. The number of hydrogen-bond donors (Lipinski definition) is 2. The Hall–Kier alpha value is -2.58. The van der Waals surface area contributed by atoms with Crippen LogP contribution >= 0.6 is 7.82 Å². The molecule has 488 valence electrons. The molecule has 3 atom stereocenters. The third kappa shape index (κ3) is 66.9. The number of carbonyl (C=O) groups is 1. The molecule has 0 saturated carbocycles. The van der Waals surface area contributed by atoms with E-state index in [9.17, 15) is 19.4 Å². The first-order chi connectivity index (χ1) is 41.0. The number of likely N-dealkylation sites (N-methyl/N-ethyl adjacent to an activating group) is 1. The average molecular weight is 1190 g/mol. The molecule has 0 heterocycles. The standard InChI is InChI=1S/C75H137N2O6P/c1-6-8-10-12-14-16-18-20-22-24-26-28-30-32-34-35-36-37-38-39-40-41-43-45-47-49-51-53-55-57-59-61-63-65-67-69-75(79)76-73(72-83-84(80,81)82-71-70-77(3,4)5)74(78)68-66-64-62-60-58-56-54-52-50-48-46-44-42-33-31-29-27-25-23-21-19-17-15-13-11-9-7-2/h8,10,14,16,20,22,26,28,32,34,36-37,39-40,43,45,73-74,78H,6-7,9,11-13,15,17-19,21,23-25,27,29-31,33,35,38,41-42,44,46-72H2,1-5H3,(H-,76,79,80,81)/b10-8-,16-14-,22-20-,28-26-,34-32-,37-36-,40-39-,45-43-. The molecule has 0 spiro atoms. The van der Waals surface area contributed by atoms with Crippen LogP contribution in [-0.2, 0) is 18.4 Å². The van der Waals surface area contributed by atoms with Gasteiger partial charge < -0.3 is 28.8 Å². The van der Waals surface area contributed by atoms with E-state index in [1.54, 1.807) is 0 Å². The van der Waals surface area contributed by atoms with Gasteiger partial charge in [0.1, 0.15) is 13.2 Å². The highest BCUT2D eigenvalue weighted by Gasteiger charge is 2.24. The molecular formula is C75H137N2O6P. The summed E-state index contributed by atoms with van der Waals surface area (Å²) >= 11 is 0. The van der Waals surface area contributed by atoms with Gasteiger partial charge in [0.2, 0.25) is 5.91 Å². The van der Waals surface area contributed by atoms with Crippen LogP contribution in [0.1, 0.15) is 322 Å². The minimum atomic E-state index is -4.59. The molecule has 1 amide bonds. The minimum absolute atomic E-state index is 0.00801. The predicted molar refractivity (Wildman–Crippen MR) is 366 cm³/mol. The second-order valence-corrected chi connectivity index (χ2v) is 26.6. The monoisotopic (exact) mass is 1190 g/mol. The number of quaternary nitrogens is 1. The Morgan fingerprint density at radius 2 is 0.726 bits per heavy atom. The van der Waals surface area contributed by atoms with Crippen molar-refractivity contribution in [1.82, 2.24) is 5.32 Å². The summed E-state index contributed by atoms with van der Waals surface area (Å²) in [6.07, 6.45) is 93.3. The van der Waals surface area contributed by atoms with Crippen molar-refractivity contribution in [2.45, 2.75) is 334 Å². The Labute approximate surface area is 521 Å².